The zero-order valence-electron chi connectivity index (χ0n) is 8.99. The van der Waals surface area contributed by atoms with Gasteiger partial charge in [-0.1, -0.05) is 6.07 Å². The van der Waals surface area contributed by atoms with E-state index in [1.165, 1.54) is 25.0 Å². The van der Waals surface area contributed by atoms with Gasteiger partial charge in [0.2, 0.25) is 0 Å². The molecule has 16 heavy (non-hydrogen) atoms. The van der Waals surface area contributed by atoms with Crippen molar-refractivity contribution in [2.75, 3.05) is 13.4 Å². The molecule has 0 saturated heterocycles. The highest BCUT2D eigenvalue weighted by atomic mass is 19.1. The minimum absolute atomic E-state index is 0.0753. The van der Waals surface area contributed by atoms with Crippen molar-refractivity contribution in [3.05, 3.63) is 29.6 Å². The molecule has 0 aromatic heterocycles. The minimum Gasteiger partial charge on any atom is -0.464 e. The summed E-state index contributed by atoms with van der Waals surface area (Å²) in [6, 6.07) is 4.39. The maximum absolute atomic E-state index is 13.3. The van der Waals surface area contributed by atoms with Crippen LogP contribution >= 0.6 is 0 Å². The summed E-state index contributed by atoms with van der Waals surface area (Å²) in [5.41, 5.74) is 0.531. The fourth-order valence-electron chi connectivity index (χ4n) is 1.36. The van der Waals surface area contributed by atoms with E-state index >= 15 is 0 Å². The van der Waals surface area contributed by atoms with Gasteiger partial charge in [-0.15, -0.1) is 0 Å². The number of ether oxygens (including phenoxy) is 2. The van der Waals surface area contributed by atoms with Crippen molar-refractivity contribution in [2.45, 2.75) is 19.4 Å². The smallest absolute Gasteiger partial charge is 0.189 e. The van der Waals surface area contributed by atoms with E-state index < -0.39 is 5.82 Å². The minimum atomic E-state index is -0.471. The molecule has 0 radical (unpaired) electrons. The van der Waals surface area contributed by atoms with E-state index in [-0.39, 0.29) is 19.1 Å². The quantitative estimate of drug-likeness (QED) is 0.596. The Morgan fingerprint density at radius 3 is 2.81 bits per heavy atom. The topological polar surface area (TPSA) is 38.7 Å². The molecule has 0 atom stereocenters. The van der Waals surface area contributed by atoms with Gasteiger partial charge < -0.3 is 14.6 Å². The van der Waals surface area contributed by atoms with Gasteiger partial charge in [0.1, 0.15) is 0 Å². The molecule has 3 nitrogen and oxygen atoms in total. The van der Waals surface area contributed by atoms with E-state index in [9.17, 15) is 4.39 Å². The number of aliphatic hydroxyl groups is 1. The third kappa shape index (κ3) is 3.18. The zero-order valence-corrected chi connectivity index (χ0v) is 8.99. The van der Waals surface area contributed by atoms with Crippen molar-refractivity contribution < 1.29 is 19.0 Å². The normalized spacial score (nSPS) is 15.1. The lowest BCUT2D eigenvalue weighted by atomic mass is 10.2. The van der Waals surface area contributed by atoms with E-state index in [1.54, 1.807) is 6.07 Å². The molecular formula is C12H15FO3. The molecular weight excluding hydrogens is 211 g/mol. The highest BCUT2D eigenvalue weighted by Crippen LogP contribution is 2.28. The summed E-state index contributed by atoms with van der Waals surface area (Å²) in [6.45, 7) is 0.595. The van der Waals surface area contributed by atoms with Crippen LogP contribution in [0.5, 0.6) is 5.75 Å². The number of halogens is 1. The molecule has 88 valence electrons. The average Bonchev–Trinajstić information content (AvgIpc) is 3.10. The van der Waals surface area contributed by atoms with Crippen LogP contribution in [0.2, 0.25) is 0 Å². The first-order valence-electron chi connectivity index (χ1n) is 5.39. The van der Waals surface area contributed by atoms with Gasteiger partial charge in [-0.05, 0) is 36.5 Å². The first-order chi connectivity index (χ1) is 7.79. The first-order valence-corrected chi connectivity index (χ1v) is 5.39. The van der Waals surface area contributed by atoms with Gasteiger partial charge in [0.25, 0.3) is 0 Å². The van der Waals surface area contributed by atoms with E-state index in [0.29, 0.717) is 18.1 Å². The lowest BCUT2D eigenvalue weighted by Crippen LogP contribution is -2.06. The number of hydrogen-bond acceptors (Lipinski definition) is 3. The summed E-state index contributed by atoms with van der Waals surface area (Å²) in [5.74, 6) is 0.361. The van der Waals surface area contributed by atoms with Crippen molar-refractivity contribution in [3.63, 3.8) is 0 Å². The predicted octanol–water partition coefficient (Wildman–Crippen LogP) is 2.08. The molecule has 0 spiro atoms. The van der Waals surface area contributed by atoms with Gasteiger partial charge in [-0.3, -0.25) is 0 Å². The van der Waals surface area contributed by atoms with Crippen molar-refractivity contribution in [1.29, 1.82) is 0 Å². The number of rotatable bonds is 6. The molecule has 2 rings (SSSR count). The zero-order chi connectivity index (χ0) is 11.4. The van der Waals surface area contributed by atoms with Crippen molar-refractivity contribution in [2.24, 2.45) is 5.92 Å². The monoisotopic (exact) mass is 226 g/mol. The molecule has 1 saturated carbocycles. The summed E-state index contributed by atoms with van der Waals surface area (Å²) >= 11 is 0. The average molecular weight is 226 g/mol. The first kappa shape index (κ1) is 11.4. The predicted molar refractivity (Wildman–Crippen MR) is 56.5 cm³/mol. The SMILES string of the molecule is OCc1ccc(OCOCC2CC2)c(F)c1. The fraction of sp³-hybridized carbons (Fsp3) is 0.500. The summed E-state index contributed by atoms with van der Waals surface area (Å²) in [6.07, 6.45) is 2.44. The Labute approximate surface area is 93.8 Å². The maximum Gasteiger partial charge on any atom is 0.189 e. The number of benzene rings is 1. The molecule has 1 aromatic carbocycles. The van der Waals surface area contributed by atoms with Crippen LogP contribution in [0, 0.1) is 11.7 Å². The Morgan fingerprint density at radius 1 is 1.38 bits per heavy atom. The lowest BCUT2D eigenvalue weighted by Gasteiger charge is -2.08. The Bertz CT molecular complexity index is 350. The number of aliphatic hydroxyl groups excluding tert-OH is 1. The van der Waals surface area contributed by atoms with Crippen LogP contribution in [0.25, 0.3) is 0 Å². The van der Waals surface area contributed by atoms with Gasteiger partial charge >= 0.3 is 0 Å². The standard InChI is InChI=1S/C12H15FO3/c13-11-5-10(6-14)3-4-12(11)16-8-15-7-9-1-2-9/h3-5,9,14H,1-2,6-8H2. The van der Waals surface area contributed by atoms with Crippen LogP contribution in [0.15, 0.2) is 18.2 Å². The molecule has 1 aliphatic rings. The Morgan fingerprint density at radius 2 is 2.19 bits per heavy atom. The molecule has 1 aliphatic carbocycles. The van der Waals surface area contributed by atoms with Crippen LogP contribution < -0.4 is 4.74 Å². The molecule has 0 unspecified atom stereocenters. The summed E-state index contributed by atoms with van der Waals surface area (Å²) in [4.78, 5) is 0. The summed E-state index contributed by atoms with van der Waals surface area (Å²) in [7, 11) is 0. The molecule has 0 amide bonds. The largest absolute Gasteiger partial charge is 0.464 e. The third-order valence-corrected chi connectivity index (χ3v) is 2.53. The number of hydrogen-bond donors (Lipinski definition) is 1. The molecule has 0 bridgehead atoms. The van der Waals surface area contributed by atoms with E-state index in [4.69, 9.17) is 14.6 Å². The van der Waals surface area contributed by atoms with Crippen LogP contribution in [-0.4, -0.2) is 18.5 Å². The Hall–Kier alpha value is -1.13. The highest BCUT2D eigenvalue weighted by molar-refractivity contribution is 5.28. The fourth-order valence-corrected chi connectivity index (χ4v) is 1.36. The molecule has 1 N–H and O–H groups in total. The highest BCUT2D eigenvalue weighted by Gasteiger charge is 2.21. The van der Waals surface area contributed by atoms with Gasteiger partial charge in [-0.25, -0.2) is 4.39 Å². The van der Waals surface area contributed by atoms with Gasteiger partial charge in [0, 0.05) is 0 Å². The lowest BCUT2D eigenvalue weighted by molar-refractivity contribution is 0.00790. The molecule has 4 heteroatoms. The summed E-state index contributed by atoms with van der Waals surface area (Å²) < 4.78 is 23.7. The third-order valence-electron chi connectivity index (χ3n) is 2.53. The van der Waals surface area contributed by atoms with Crippen molar-refractivity contribution in [1.82, 2.24) is 0 Å². The second kappa shape index (κ2) is 5.27. The van der Waals surface area contributed by atoms with Crippen molar-refractivity contribution >= 4 is 0 Å². The van der Waals surface area contributed by atoms with Crippen LogP contribution in [0.1, 0.15) is 18.4 Å². The van der Waals surface area contributed by atoms with E-state index in [1.807, 2.05) is 0 Å². The van der Waals surface area contributed by atoms with Crippen LogP contribution in [0.3, 0.4) is 0 Å². The second-order valence-corrected chi connectivity index (χ2v) is 4.00. The van der Waals surface area contributed by atoms with Crippen LogP contribution in [-0.2, 0) is 11.3 Å². The van der Waals surface area contributed by atoms with E-state index in [2.05, 4.69) is 0 Å². The second-order valence-electron chi connectivity index (χ2n) is 4.00. The Kier molecular flexibility index (Phi) is 3.74. The van der Waals surface area contributed by atoms with E-state index in [0.717, 1.165) is 0 Å². The van der Waals surface area contributed by atoms with Crippen LogP contribution in [0.4, 0.5) is 4.39 Å². The molecule has 0 heterocycles. The molecule has 1 fully saturated rings. The van der Waals surface area contributed by atoms with Gasteiger partial charge in [0.05, 0.1) is 13.2 Å². The maximum atomic E-state index is 13.3. The Balaban J connectivity index is 1.78. The summed E-state index contributed by atoms with van der Waals surface area (Å²) in [5, 5.41) is 8.80. The molecule has 0 aliphatic heterocycles. The van der Waals surface area contributed by atoms with Crippen molar-refractivity contribution in [3.8, 4) is 5.75 Å². The van der Waals surface area contributed by atoms with Gasteiger partial charge in [-0.2, -0.15) is 0 Å². The van der Waals surface area contributed by atoms with Gasteiger partial charge in [0.15, 0.2) is 18.4 Å². The molecule has 1 aromatic rings.